The smallest absolute Gasteiger partial charge is 0.266 e. The molecule has 0 spiro atoms. The predicted molar refractivity (Wildman–Crippen MR) is 205 cm³/mol. The number of hydrogen-bond acceptors (Lipinski definition) is 12. The summed E-state index contributed by atoms with van der Waals surface area (Å²) in [5.41, 5.74) is 1.55. The number of amides is 2. The van der Waals surface area contributed by atoms with E-state index in [9.17, 15) is 36.8 Å². The lowest BCUT2D eigenvalue weighted by atomic mass is 9.82. The van der Waals surface area contributed by atoms with Gasteiger partial charge in [0.1, 0.15) is 30.8 Å². The molecule has 53 heavy (non-hydrogen) atoms. The molecule has 0 aliphatic rings. The number of nitrogens with one attached hydrogen (secondary N) is 3. The average Bonchev–Trinajstić information content (AvgIpc) is 3.12. The molecule has 5 N–H and O–H groups in total. The molecule has 0 bridgehead atoms. The molecule has 3 atom stereocenters. The molecule has 2 amide bonds. The minimum Gasteiger partial charge on any atom is -0.481 e. The summed E-state index contributed by atoms with van der Waals surface area (Å²) >= 11 is 2.53. The second-order valence-corrected chi connectivity index (χ2v) is 19.0. The highest BCUT2D eigenvalue weighted by Gasteiger charge is 2.49. The third kappa shape index (κ3) is 13.4. The van der Waals surface area contributed by atoms with Gasteiger partial charge in [-0.3, -0.25) is 20.0 Å². The van der Waals surface area contributed by atoms with Crippen molar-refractivity contribution in [1.82, 2.24) is 20.2 Å². The lowest BCUT2D eigenvalue weighted by Crippen LogP contribution is -2.60. The molecule has 2 rings (SSSR count). The van der Waals surface area contributed by atoms with Crippen LogP contribution in [0.25, 0.3) is 0 Å². The van der Waals surface area contributed by atoms with Gasteiger partial charge in [-0.2, -0.15) is 28.2 Å². The lowest BCUT2D eigenvalue weighted by molar-refractivity contribution is -0.178. The van der Waals surface area contributed by atoms with Gasteiger partial charge in [0, 0.05) is 9.49 Å². The van der Waals surface area contributed by atoms with Crippen LogP contribution in [0.2, 0.25) is 0 Å². The van der Waals surface area contributed by atoms with Crippen molar-refractivity contribution in [2.75, 3.05) is 24.7 Å². The molecule has 14 nitrogen and oxygen atoms in total. The van der Waals surface area contributed by atoms with Crippen LogP contribution in [0.15, 0.2) is 58.3 Å². The highest BCUT2D eigenvalue weighted by molar-refractivity contribution is 8.01. The van der Waals surface area contributed by atoms with E-state index in [0.717, 1.165) is 0 Å². The van der Waals surface area contributed by atoms with E-state index in [4.69, 9.17) is 9.47 Å². The van der Waals surface area contributed by atoms with Gasteiger partial charge in [-0.15, -0.1) is 17.0 Å². The maximum absolute atomic E-state index is 14.1. The first kappa shape index (κ1) is 45.7. The van der Waals surface area contributed by atoms with Gasteiger partial charge in [0.2, 0.25) is 10.0 Å². The molecule has 0 fully saturated rings. The van der Waals surface area contributed by atoms with Crippen molar-refractivity contribution >= 4 is 55.4 Å². The Kier molecular flexibility index (Phi) is 18.0. The Bertz CT molecular complexity index is 1870. The summed E-state index contributed by atoms with van der Waals surface area (Å²) in [6.07, 6.45) is 0.339. The first-order valence-electron chi connectivity index (χ1n) is 16.5. The lowest BCUT2D eigenvalue weighted by Gasteiger charge is -2.42. The second-order valence-electron chi connectivity index (χ2n) is 12.1. The summed E-state index contributed by atoms with van der Waals surface area (Å²) in [6.45, 7) is 12.2. The first-order chi connectivity index (χ1) is 24.9. The minimum atomic E-state index is -4.49. The number of rotatable bonds is 21. The standard InChI is InChI=1S/C35H48N4O10S4/c1-8-12-22-48-26-14-18-28(19-15-26)52(44,45)37-31(32(40)36-42)35(7,51-24-10-3)25-30(34(5,6)50-11-4)33(41)39(43)38-53(46,47)29-20-16-27(17-21-29)49-23-13-9-2/h14-21,30-31,37-38,42-43H,10-11,22-25H2,1-7H3,(H,36,40). The van der Waals surface area contributed by atoms with Gasteiger partial charge in [0.15, 0.2) is 0 Å². The molecule has 0 saturated heterocycles. The summed E-state index contributed by atoms with van der Waals surface area (Å²) in [6, 6.07) is 9.02. The molecule has 0 radical (unpaired) electrons. The number of thioether (sulfide) groups is 2. The number of hydrogen-bond donors (Lipinski definition) is 5. The maximum Gasteiger partial charge on any atom is 0.266 e. The van der Waals surface area contributed by atoms with Crippen LogP contribution < -0.4 is 24.5 Å². The van der Waals surface area contributed by atoms with Gasteiger partial charge in [0.25, 0.3) is 21.8 Å². The van der Waals surface area contributed by atoms with Crippen molar-refractivity contribution in [3.05, 3.63) is 48.5 Å². The van der Waals surface area contributed by atoms with Gasteiger partial charge in [-0.05, 0) is 107 Å². The quantitative estimate of drug-likeness (QED) is 0.0685. The van der Waals surface area contributed by atoms with Crippen LogP contribution >= 0.6 is 23.5 Å². The first-order valence-corrected chi connectivity index (χ1v) is 21.4. The Balaban J connectivity index is 2.52. The molecule has 0 heterocycles. The van der Waals surface area contributed by atoms with Crippen molar-refractivity contribution in [3.63, 3.8) is 0 Å². The van der Waals surface area contributed by atoms with Crippen LogP contribution in [0.1, 0.15) is 61.3 Å². The average molecular weight is 813 g/mol. The summed E-state index contributed by atoms with van der Waals surface area (Å²) in [7, 11) is -8.91. The highest BCUT2D eigenvalue weighted by Crippen LogP contribution is 2.44. The molecule has 18 heteroatoms. The third-order valence-electron chi connectivity index (χ3n) is 7.81. The molecule has 0 aromatic heterocycles. The number of hydrazine groups is 1. The van der Waals surface area contributed by atoms with E-state index < -0.39 is 53.3 Å². The van der Waals surface area contributed by atoms with E-state index in [2.05, 4.69) is 28.4 Å². The molecule has 2 aromatic rings. The Morgan fingerprint density at radius 2 is 1.34 bits per heavy atom. The molecule has 2 aromatic carbocycles. The molecular formula is C35H48N4O10S4. The van der Waals surface area contributed by atoms with E-state index in [1.54, 1.807) is 40.1 Å². The van der Waals surface area contributed by atoms with Crippen molar-refractivity contribution in [2.24, 2.45) is 5.92 Å². The van der Waals surface area contributed by atoms with Gasteiger partial charge >= 0.3 is 0 Å². The Morgan fingerprint density at radius 1 is 0.849 bits per heavy atom. The van der Waals surface area contributed by atoms with Crippen molar-refractivity contribution < 1.29 is 46.3 Å². The predicted octanol–water partition coefficient (Wildman–Crippen LogP) is 4.19. The minimum absolute atomic E-state index is 0.0997. The summed E-state index contributed by atoms with van der Waals surface area (Å²) in [5.74, 6) is 9.10. The fourth-order valence-corrected chi connectivity index (χ4v) is 9.74. The van der Waals surface area contributed by atoms with Crippen molar-refractivity contribution in [3.8, 4) is 35.2 Å². The van der Waals surface area contributed by atoms with E-state index in [1.807, 2.05) is 18.7 Å². The van der Waals surface area contributed by atoms with Gasteiger partial charge < -0.3 is 9.47 Å². The van der Waals surface area contributed by atoms with Gasteiger partial charge in [0.05, 0.1) is 15.7 Å². The molecule has 0 aliphatic carbocycles. The van der Waals surface area contributed by atoms with Crippen molar-refractivity contribution in [1.29, 1.82) is 0 Å². The fraction of sp³-hybridized carbons (Fsp3) is 0.486. The van der Waals surface area contributed by atoms with Crippen LogP contribution in [-0.4, -0.2) is 84.5 Å². The zero-order valence-electron chi connectivity index (χ0n) is 30.8. The van der Waals surface area contributed by atoms with Crippen LogP contribution in [0.3, 0.4) is 0 Å². The normalized spacial score (nSPS) is 13.9. The maximum atomic E-state index is 14.1. The van der Waals surface area contributed by atoms with Crippen LogP contribution in [0.4, 0.5) is 0 Å². The molecule has 0 saturated carbocycles. The topological polar surface area (TPSA) is 201 Å². The highest BCUT2D eigenvalue weighted by atomic mass is 32.2. The van der Waals surface area contributed by atoms with Crippen LogP contribution in [-0.2, 0) is 29.6 Å². The molecule has 3 unspecified atom stereocenters. The second kappa shape index (κ2) is 20.8. The summed E-state index contributed by atoms with van der Waals surface area (Å²) < 4.78 is 64.7. The van der Waals surface area contributed by atoms with E-state index in [-0.39, 0.29) is 34.6 Å². The summed E-state index contributed by atoms with van der Waals surface area (Å²) in [5, 5.41) is 20.7. The zero-order valence-corrected chi connectivity index (χ0v) is 34.0. The Hall–Kier alpha value is -3.46. The number of carbonyl (C=O) groups excluding carboxylic acids is 2. The Labute approximate surface area is 321 Å². The molecule has 292 valence electrons. The number of sulfonamides is 2. The van der Waals surface area contributed by atoms with E-state index >= 15 is 0 Å². The molecular weight excluding hydrogens is 765 g/mol. The SMILES string of the molecule is CC#CCOc1ccc(S(=O)(=O)NC(C(=O)NO)C(C)(CC(C(=O)N(O)NS(=O)(=O)c2ccc(OCC#CC)cc2)C(C)(C)SCC)SCCC)cc1. The fourth-order valence-electron chi connectivity index (χ4n) is 5.02. The summed E-state index contributed by atoms with van der Waals surface area (Å²) in [4.78, 5) is 28.9. The Morgan fingerprint density at radius 3 is 1.77 bits per heavy atom. The zero-order chi connectivity index (χ0) is 39.9. The number of hydroxylamine groups is 2. The van der Waals surface area contributed by atoms with Crippen molar-refractivity contribution in [2.45, 2.75) is 86.6 Å². The van der Waals surface area contributed by atoms with E-state index in [1.165, 1.54) is 72.1 Å². The van der Waals surface area contributed by atoms with E-state index in [0.29, 0.717) is 29.4 Å². The number of benzene rings is 2. The number of ether oxygens (including phenoxy) is 2. The van der Waals surface area contributed by atoms with Gasteiger partial charge in [-0.1, -0.05) is 30.5 Å². The molecule has 0 aliphatic heterocycles. The third-order valence-corrected chi connectivity index (χ3v) is 13.6. The number of carbonyl (C=O) groups is 2. The van der Waals surface area contributed by atoms with Gasteiger partial charge in [-0.25, -0.2) is 22.3 Å². The van der Waals surface area contributed by atoms with Crippen LogP contribution in [0.5, 0.6) is 11.5 Å². The largest absolute Gasteiger partial charge is 0.481 e. The van der Waals surface area contributed by atoms with Crippen LogP contribution in [0, 0.1) is 29.6 Å². The monoisotopic (exact) mass is 812 g/mol. The number of nitrogens with zero attached hydrogens (tertiary/aromatic N) is 1.